The van der Waals surface area contributed by atoms with E-state index in [0.29, 0.717) is 28.4 Å². The predicted octanol–water partition coefficient (Wildman–Crippen LogP) is 4.64. The van der Waals surface area contributed by atoms with Crippen molar-refractivity contribution in [2.24, 2.45) is 0 Å². The highest BCUT2D eigenvalue weighted by atomic mass is 79.9. The predicted molar refractivity (Wildman–Crippen MR) is 102 cm³/mol. The summed E-state index contributed by atoms with van der Waals surface area (Å²) in [5.74, 6) is 0.867. The van der Waals surface area contributed by atoms with Crippen LogP contribution in [0.15, 0.2) is 57.5 Å². The molecule has 122 valence electrons. The number of halogens is 2. The molecular formula is C16H12BrClN4OS. The molecule has 0 aliphatic rings. The van der Waals surface area contributed by atoms with Crippen molar-refractivity contribution in [3.8, 4) is 11.4 Å². The Hall–Kier alpha value is -1.96. The summed E-state index contributed by atoms with van der Waals surface area (Å²) >= 11 is 14.8. The number of benzene rings is 2. The lowest BCUT2D eigenvalue weighted by atomic mass is 10.2. The van der Waals surface area contributed by atoms with E-state index in [1.165, 1.54) is 0 Å². The quantitative estimate of drug-likeness (QED) is 0.596. The van der Waals surface area contributed by atoms with E-state index in [-0.39, 0.29) is 0 Å². The Kier molecular flexibility index (Phi) is 5.44. The molecule has 0 saturated carbocycles. The molecule has 2 N–H and O–H groups in total. The molecule has 0 spiro atoms. The van der Waals surface area contributed by atoms with E-state index in [2.05, 4.69) is 36.7 Å². The Balaban J connectivity index is 1.59. The standard InChI is InChI=1S/C16H12BrClN4OS/c17-10-4-3-5-11(8-10)20-16(24)19-9-14-21-15(22-23-14)12-6-1-2-7-13(12)18/h1-8H,9H2,(H2,19,20,24). The summed E-state index contributed by atoms with van der Waals surface area (Å²) in [6.45, 7) is 0.317. The van der Waals surface area contributed by atoms with Gasteiger partial charge in [0, 0.05) is 15.7 Å². The number of nitrogens with zero attached hydrogens (tertiary/aromatic N) is 2. The van der Waals surface area contributed by atoms with E-state index >= 15 is 0 Å². The maximum atomic E-state index is 6.13. The summed E-state index contributed by atoms with van der Waals surface area (Å²) in [6.07, 6.45) is 0. The zero-order valence-electron chi connectivity index (χ0n) is 12.3. The van der Waals surface area contributed by atoms with Crippen LogP contribution in [0.25, 0.3) is 11.4 Å². The molecule has 0 unspecified atom stereocenters. The number of thiocarbonyl (C=S) groups is 1. The lowest BCUT2D eigenvalue weighted by molar-refractivity contribution is 0.376. The highest BCUT2D eigenvalue weighted by Gasteiger charge is 2.11. The van der Waals surface area contributed by atoms with E-state index in [1.54, 1.807) is 6.07 Å². The fourth-order valence-electron chi connectivity index (χ4n) is 1.98. The molecule has 3 aromatic rings. The Morgan fingerprint density at radius 3 is 2.83 bits per heavy atom. The molecule has 0 saturated heterocycles. The smallest absolute Gasteiger partial charge is 0.246 e. The first-order valence-electron chi connectivity index (χ1n) is 7.00. The number of rotatable bonds is 4. The molecule has 0 bridgehead atoms. The third-order valence-corrected chi connectivity index (χ3v) is 4.13. The van der Waals surface area contributed by atoms with Gasteiger partial charge in [-0.2, -0.15) is 4.98 Å². The Morgan fingerprint density at radius 2 is 2.04 bits per heavy atom. The van der Waals surface area contributed by atoms with Gasteiger partial charge in [-0.1, -0.05) is 50.9 Å². The molecule has 2 aromatic carbocycles. The van der Waals surface area contributed by atoms with Crippen molar-refractivity contribution < 1.29 is 4.52 Å². The molecule has 0 fully saturated rings. The van der Waals surface area contributed by atoms with Crippen molar-refractivity contribution >= 4 is 50.5 Å². The Labute approximate surface area is 157 Å². The second-order valence-electron chi connectivity index (χ2n) is 4.81. The molecule has 1 heterocycles. The van der Waals surface area contributed by atoms with Crippen molar-refractivity contribution in [2.45, 2.75) is 6.54 Å². The van der Waals surface area contributed by atoms with Crippen LogP contribution in [0.2, 0.25) is 5.02 Å². The minimum atomic E-state index is 0.317. The Bertz CT molecular complexity index is 871. The van der Waals surface area contributed by atoms with E-state index in [1.807, 2.05) is 42.5 Å². The van der Waals surface area contributed by atoms with Gasteiger partial charge in [0.05, 0.1) is 11.6 Å². The summed E-state index contributed by atoms with van der Waals surface area (Å²) in [5, 5.41) is 11.1. The summed E-state index contributed by atoms with van der Waals surface area (Å²) in [7, 11) is 0. The third kappa shape index (κ3) is 4.31. The van der Waals surface area contributed by atoms with Crippen molar-refractivity contribution in [3.63, 3.8) is 0 Å². The average molecular weight is 424 g/mol. The number of hydrogen-bond acceptors (Lipinski definition) is 4. The van der Waals surface area contributed by atoms with Gasteiger partial charge in [0.2, 0.25) is 11.7 Å². The van der Waals surface area contributed by atoms with Crippen LogP contribution in [0.1, 0.15) is 5.89 Å². The Morgan fingerprint density at radius 1 is 1.21 bits per heavy atom. The average Bonchev–Trinajstić information content (AvgIpc) is 3.02. The van der Waals surface area contributed by atoms with Crippen LogP contribution in [-0.4, -0.2) is 15.3 Å². The van der Waals surface area contributed by atoms with Crippen molar-refractivity contribution in [3.05, 3.63) is 63.9 Å². The van der Waals surface area contributed by atoms with E-state index < -0.39 is 0 Å². The van der Waals surface area contributed by atoms with Crippen molar-refractivity contribution in [1.82, 2.24) is 15.5 Å². The van der Waals surface area contributed by atoms with Crippen LogP contribution in [0.3, 0.4) is 0 Å². The molecule has 3 rings (SSSR count). The monoisotopic (exact) mass is 422 g/mol. The second-order valence-corrected chi connectivity index (χ2v) is 6.54. The van der Waals surface area contributed by atoms with Crippen molar-refractivity contribution in [1.29, 1.82) is 0 Å². The zero-order chi connectivity index (χ0) is 16.9. The first kappa shape index (κ1) is 16.9. The van der Waals surface area contributed by atoms with Gasteiger partial charge in [0.1, 0.15) is 0 Å². The fourth-order valence-corrected chi connectivity index (χ4v) is 2.79. The van der Waals surface area contributed by atoms with Gasteiger partial charge in [-0.15, -0.1) is 0 Å². The van der Waals surface area contributed by atoms with Gasteiger partial charge in [0.15, 0.2) is 5.11 Å². The van der Waals surface area contributed by atoms with Gasteiger partial charge >= 0.3 is 0 Å². The normalized spacial score (nSPS) is 10.4. The topological polar surface area (TPSA) is 63.0 Å². The minimum absolute atomic E-state index is 0.317. The molecule has 8 heteroatoms. The first-order chi connectivity index (χ1) is 11.6. The molecule has 24 heavy (non-hydrogen) atoms. The van der Waals surface area contributed by atoms with Crippen LogP contribution in [0.4, 0.5) is 5.69 Å². The van der Waals surface area contributed by atoms with Crippen molar-refractivity contribution in [2.75, 3.05) is 5.32 Å². The molecule has 5 nitrogen and oxygen atoms in total. The first-order valence-corrected chi connectivity index (χ1v) is 8.57. The molecule has 0 aliphatic carbocycles. The molecule has 0 atom stereocenters. The zero-order valence-corrected chi connectivity index (χ0v) is 15.5. The largest absolute Gasteiger partial charge is 0.353 e. The molecule has 1 aromatic heterocycles. The summed E-state index contributed by atoms with van der Waals surface area (Å²) in [5.41, 5.74) is 1.60. The number of aromatic nitrogens is 2. The fraction of sp³-hybridized carbons (Fsp3) is 0.0625. The summed E-state index contributed by atoms with van der Waals surface area (Å²) < 4.78 is 6.19. The van der Waals surface area contributed by atoms with E-state index in [9.17, 15) is 0 Å². The van der Waals surface area contributed by atoms with Gasteiger partial charge in [-0.05, 0) is 42.5 Å². The van der Waals surface area contributed by atoms with Gasteiger partial charge < -0.3 is 15.2 Å². The molecular weight excluding hydrogens is 412 g/mol. The number of anilines is 1. The third-order valence-electron chi connectivity index (χ3n) is 3.07. The van der Waals surface area contributed by atoms with Gasteiger partial charge in [-0.3, -0.25) is 0 Å². The van der Waals surface area contributed by atoms with E-state index in [0.717, 1.165) is 15.7 Å². The van der Waals surface area contributed by atoms with E-state index in [4.69, 9.17) is 28.3 Å². The van der Waals surface area contributed by atoms with Crippen LogP contribution >= 0.6 is 39.7 Å². The maximum absolute atomic E-state index is 6.13. The van der Waals surface area contributed by atoms with Crippen LogP contribution in [0, 0.1) is 0 Å². The second kappa shape index (κ2) is 7.74. The maximum Gasteiger partial charge on any atom is 0.246 e. The summed E-state index contributed by atoms with van der Waals surface area (Å²) in [6, 6.07) is 15.0. The molecule has 0 aliphatic heterocycles. The lowest BCUT2D eigenvalue weighted by Gasteiger charge is -2.08. The molecule has 0 amide bonds. The van der Waals surface area contributed by atoms with Gasteiger partial charge in [0.25, 0.3) is 0 Å². The number of hydrogen-bond donors (Lipinski definition) is 2. The summed E-state index contributed by atoms with van der Waals surface area (Å²) in [4.78, 5) is 4.31. The SMILES string of the molecule is S=C(NCc1nc(-c2ccccc2Cl)no1)Nc1cccc(Br)c1. The van der Waals surface area contributed by atoms with Crippen LogP contribution in [-0.2, 0) is 6.54 Å². The molecule has 0 radical (unpaired) electrons. The van der Waals surface area contributed by atoms with Gasteiger partial charge in [-0.25, -0.2) is 0 Å². The van der Waals surface area contributed by atoms with Crippen LogP contribution in [0.5, 0.6) is 0 Å². The number of nitrogens with one attached hydrogen (secondary N) is 2. The van der Waals surface area contributed by atoms with Crippen LogP contribution < -0.4 is 10.6 Å². The highest BCUT2D eigenvalue weighted by molar-refractivity contribution is 9.10. The minimum Gasteiger partial charge on any atom is -0.353 e. The lowest BCUT2D eigenvalue weighted by Crippen LogP contribution is -2.27. The highest BCUT2D eigenvalue weighted by Crippen LogP contribution is 2.24.